The van der Waals surface area contributed by atoms with Crippen molar-refractivity contribution in [2.75, 3.05) is 35.7 Å². The minimum atomic E-state index is -4.38. The Hall–Kier alpha value is -3.86. The Morgan fingerprint density at radius 1 is 1.24 bits per heavy atom. The highest BCUT2D eigenvalue weighted by atomic mass is 32.1. The molecule has 1 aliphatic rings. The van der Waals surface area contributed by atoms with Gasteiger partial charge in [0.1, 0.15) is 5.00 Å². The van der Waals surface area contributed by atoms with Crippen molar-refractivity contribution >= 4 is 39.0 Å². The van der Waals surface area contributed by atoms with Crippen LogP contribution in [0, 0.1) is 0 Å². The van der Waals surface area contributed by atoms with Gasteiger partial charge in [0.2, 0.25) is 5.91 Å². The number of alkyl halides is 3. The van der Waals surface area contributed by atoms with E-state index in [4.69, 9.17) is 0 Å². The van der Waals surface area contributed by atoms with Gasteiger partial charge in [-0.3, -0.25) is 9.59 Å². The first-order chi connectivity index (χ1) is 18.1. The number of hydrogen-bond acceptors (Lipinski definition) is 6. The molecule has 200 valence electrons. The van der Waals surface area contributed by atoms with E-state index in [1.807, 2.05) is 11.9 Å². The van der Waals surface area contributed by atoms with Crippen molar-refractivity contribution in [3.63, 3.8) is 0 Å². The maximum absolute atomic E-state index is 13.0. The number of anilines is 3. The third-order valence-electron chi connectivity index (χ3n) is 6.16. The highest BCUT2D eigenvalue weighted by molar-refractivity contribution is 7.19. The summed E-state index contributed by atoms with van der Waals surface area (Å²) < 4.78 is 39.1. The Morgan fingerprint density at radius 2 is 2.00 bits per heavy atom. The van der Waals surface area contributed by atoms with Gasteiger partial charge in [-0.2, -0.15) is 13.2 Å². The van der Waals surface area contributed by atoms with Crippen molar-refractivity contribution in [2.24, 2.45) is 0 Å². The number of carbonyl (C=O) groups excluding carboxylic acids is 2. The fourth-order valence-electron chi connectivity index (χ4n) is 4.23. The van der Waals surface area contributed by atoms with Crippen LogP contribution in [0.15, 0.2) is 67.4 Å². The number of piperidine rings is 1. The summed E-state index contributed by atoms with van der Waals surface area (Å²) >= 11 is 1.41. The molecule has 0 radical (unpaired) electrons. The maximum atomic E-state index is 13.0. The molecule has 0 spiro atoms. The molecule has 2 heterocycles. The highest BCUT2D eigenvalue weighted by Crippen LogP contribution is 2.32. The molecule has 2 aromatic carbocycles. The van der Waals surface area contributed by atoms with Gasteiger partial charge in [-0.15, -0.1) is 0 Å². The average Bonchev–Trinajstić information content (AvgIpc) is 3.37. The lowest BCUT2D eigenvalue weighted by atomic mass is 10.0. The maximum Gasteiger partial charge on any atom is 0.416 e. The van der Waals surface area contributed by atoms with Gasteiger partial charge in [-0.1, -0.05) is 30.0 Å². The number of amides is 2. The van der Waals surface area contributed by atoms with Gasteiger partial charge in [-0.25, -0.2) is 4.98 Å². The third kappa shape index (κ3) is 6.91. The fraction of sp³-hybridized carbons (Fsp3) is 0.296. The number of rotatable bonds is 8. The summed E-state index contributed by atoms with van der Waals surface area (Å²) in [5.41, 5.74) is 1.02. The zero-order chi connectivity index (χ0) is 27.3. The zero-order valence-electron chi connectivity index (χ0n) is 20.8. The summed E-state index contributed by atoms with van der Waals surface area (Å²) in [5.74, 6) is -0.403. The van der Waals surface area contributed by atoms with Crippen molar-refractivity contribution < 1.29 is 22.8 Å². The van der Waals surface area contributed by atoms with E-state index in [-0.39, 0.29) is 17.9 Å². The smallest absolute Gasteiger partial charge is 0.361 e. The summed E-state index contributed by atoms with van der Waals surface area (Å²) in [5, 5.41) is 7.57. The Labute approximate surface area is 223 Å². The second-order valence-corrected chi connectivity index (χ2v) is 10.1. The number of benzene rings is 2. The summed E-state index contributed by atoms with van der Waals surface area (Å²) in [4.78, 5) is 32.6. The van der Waals surface area contributed by atoms with Crippen LogP contribution in [-0.2, 0) is 17.5 Å². The molecule has 0 saturated carbocycles. The van der Waals surface area contributed by atoms with E-state index < -0.39 is 11.7 Å². The fourth-order valence-corrected chi connectivity index (χ4v) is 5.09. The summed E-state index contributed by atoms with van der Waals surface area (Å²) in [7, 11) is 1.81. The topological polar surface area (TPSA) is 77.6 Å². The van der Waals surface area contributed by atoms with Crippen molar-refractivity contribution in [3.8, 4) is 0 Å². The van der Waals surface area contributed by atoms with E-state index >= 15 is 0 Å². The molecule has 2 N–H and O–H groups in total. The number of nitrogens with one attached hydrogen (secondary N) is 2. The molecule has 0 aliphatic carbocycles. The van der Waals surface area contributed by atoms with E-state index in [9.17, 15) is 22.8 Å². The minimum Gasteiger partial charge on any atom is -0.361 e. The van der Waals surface area contributed by atoms with Gasteiger partial charge >= 0.3 is 6.18 Å². The zero-order valence-corrected chi connectivity index (χ0v) is 21.6. The second kappa shape index (κ2) is 11.7. The van der Waals surface area contributed by atoms with Crippen molar-refractivity contribution in [2.45, 2.75) is 31.6 Å². The van der Waals surface area contributed by atoms with Crippen molar-refractivity contribution in [1.29, 1.82) is 0 Å². The Kier molecular flexibility index (Phi) is 8.35. The number of carbonyl (C=O) groups is 2. The Morgan fingerprint density at radius 3 is 2.71 bits per heavy atom. The number of likely N-dealkylation sites (tertiary alicyclic amines) is 1. The Balaban J connectivity index is 1.33. The van der Waals surface area contributed by atoms with Crippen LogP contribution < -0.4 is 15.5 Å². The number of thiazole rings is 1. The SMILES string of the molecule is C=CC(=O)Nc1ccc(C(=O)N2CCC[C@@H](Nc3ncc(N(C)Cc4cccc(C(F)(F)F)c4)s3)C2)cc1. The van der Waals surface area contributed by atoms with Gasteiger partial charge in [-0.05, 0) is 60.9 Å². The molecule has 11 heteroatoms. The molecule has 1 saturated heterocycles. The molecular weight excluding hydrogens is 515 g/mol. The Bertz CT molecular complexity index is 1290. The summed E-state index contributed by atoms with van der Waals surface area (Å²) in [6.07, 6.45) is 0.215. The van der Waals surface area contributed by atoms with Crippen LogP contribution >= 0.6 is 11.3 Å². The van der Waals surface area contributed by atoms with Gasteiger partial charge < -0.3 is 20.4 Å². The normalized spacial score (nSPS) is 15.6. The monoisotopic (exact) mass is 543 g/mol. The molecule has 1 aliphatic heterocycles. The average molecular weight is 544 g/mol. The number of aromatic nitrogens is 1. The highest BCUT2D eigenvalue weighted by Gasteiger charge is 2.30. The standard InChI is InChI=1S/C27H28F3N5O2S/c1-3-23(36)32-21-11-9-19(10-12-21)25(37)35-13-5-8-22(17-35)33-26-31-15-24(38-26)34(2)16-18-6-4-7-20(14-18)27(28,29)30/h3-4,6-7,9-12,14-15,22H,1,5,8,13,16-17H2,2H3,(H,31,33)(H,32,36)/t22-/m1/s1. The molecule has 38 heavy (non-hydrogen) atoms. The first kappa shape index (κ1) is 27.2. The first-order valence-electron chi connectivity index (χ1n) is 12.0. The predicted octanol–water partition coefficient (Wildman–Crippen LogP) is 5.64. The minimum absolute atomic E-state index is 0.0200. The lowest BCUT2D eigenvalue weighted by Gasteiger charge is -2.33. The van der Waals surface area contributed by atoms with Crippen molar-refractivity contribution in [1.82, 2.24) is 9.88 Å². The molecule has 1 aromatic heterocycles. The van der Waals surface area contributed by atoms with E-state index in [1.54, 1.807) is 41.4 Å². The molecule has 3 aromatic rings. The van der Waals surface area contributed by atoms with Gasteiger partial charge in [0, 0.05) is 44.0 Å². The number of halogens is 3. The van der Waals surface area contributed by atoms with Gasteiger partial charge in [0.05, 0.1) is 11.8 Å². The first-order valence-corrected chi connectivity index (χ1v) is 12.9. The molecule has 1 atom stereocenters. The van der Waals surface area contributed by atoms with E-state index in [0.717, 1.165) is 30.0 Å². The number of hydrogen-bond donors (Lipinski definition) is 2. The van der Waals surface area contributed by atoms with E-state index in [1.165, 1.54) is 23.5 Å². The third-order valence-corrected chi connectivity index (χ3v) is 7.21. The van der Waals surface area contributed by atoms with Crippen LogP contribution in [0.25, 0.3) is 0 Å². The molecular formula is C27H28F3N5O2S. The van der Waals surface area contributed by atoms with Crippen LogP contribution in [0.4, 0.5) is 29.0 Å². The summed E-state index contributed by atoms with van der Waals surface area (Å²) in [6.45, 7) is 4.90. The van der Waals surface area contributed by atoms with Crippen LogP contribution in [0.5, 0.6) is 0 Å². The van der Waals surface area contributed by atoms with E-state index in [0.29, 0.717) is 41.6 Å². The molecule has 0 unspecified atom stereocenters. The second-order valence-electron chi connectivity index (χ2n) is 9.06. The largest absolute Gasteiger partial charge is 0.416 e. The predicted molar refractivity (Wildman–Crippen MR) is 143 cm³/mol. The number of nitrogens with zero attached hydrogens (tertiary/aromatic N) is 3. The molecule has 7 nitrogen and oxygen atoms in total. The van der Waals surface area contributed by atoms with Crippen LogP contribution in [0.1, 0.15) is 34.3 Å². The van der Waals surface area contributed by atoms with Crippen LogP contribution in [0.2, 0.25) is 0 Å². The molecule has 1 fully saturated rings. The van der Waals surface area contributed by atoms with Gasteiger partial charge in [0.15, 0.2) is 5.13 Å². The van der Waals surface area contributed by atoms with E-state index in [2.05, 4.69) is 22.2 Å². The molecule has 0 bridgehead atoms. The quantitative estimate of drug-likeness (QED) is 0.360. The van der Waals surface area contributed by atoms with Crippen molar-refractivity contribution in [3.05, 3.63) is 84.1 Å². The van der Waals surface area contributed by atoms with Crippen LogP contribution in [0.3, 0.4) is 0 Å². The summed E-state index contributed by atoms with van der Waals surface area (Å²) in [6, 6.07) is 12.1. The van der Waals surface area contributed by atoms with Crippen LogP contribution in [-0.4, -0.2) is 47.9 Å². The molecule has 2 amide bonds. The lowest BCUT2D eigenvalue weighted by Crippen LogP contribution is -2.45. The molecule has 4 rings (SSSR count). The lowest BCUT2D eigenvalue weighted by molar-refractivity contribution is -0.137. The van der Waals surface area contributed by atoms with Gasteiger partial charge in [0.25, 0.3) is 5.91 Å².